The topological polar surface area (TPSA) is 48.0 Å². The lowest BCUT2D eigenvalue weighted by Crippen LogP contribution is -2.19. The minimum atomic E-state index is -0.103. The summed E-state index contributed by atoms with van der Waals surface area (Å²) in [7, 11) is 5.57. The van der Waals surface area contributed by atoms with Crippen LogP contribution in [0.15, 0.2) is 47.4 Å². The van der Waals surface area contributed by atoms with Crippen molar-refractivity contribution in [2.45, 2.75) is 4.90 Å². The normalized spacial score (nSPS) is 12.9. The lowest BCUT2D eigenvalue weighted by Gasteiger charge is -2.11. The fourth-order valence-corrected chi connectivity index (χ4v) is 3.34. The van der Waals surface area contributed by atoms with Crippen LogP contribution in [0.3, 0.4) is 0 Å². The van der Waals surface area contributed by atoms with Gasteiger partial charge in [0.2, 0.25) is 0 Å². The molecule has 0 fully saturated rings. The van der Waals surface area contributed by atoms with Crippen molar-refractivity contribution in [3.8, 4) is 17.2 Å². The summed E-state index contributed by atoms with van der Waals surface area (Å²) in [5.74, 6) is 2.57. The van der Waals surface area contributed by atoms with Crippen molar-refractivity contribution < 1.29 is 19.0 Å². The van der Waals surface area contributed by atoms with Gasteiger partial charge in [-0.25, -0.2) is 0 Å². The maximum absolute atomic E-state index is 12.6. The number of ether oxygens (including phenoxy) is 3. The highest BCUT2D eigenvalue weighted by Gasteiger charge is 2.19. The molecule has 27 heavy (non-hydrogen) atoms. The van der Waals surface area contributed by atoms with Crippen LogP contribution in [0.5, 0.6) is 17.2 Å². The van der Waals surface area contributed by atoms with Crippen LogP contribution in [0.1, 0.15) is 15.9 Å². The smallest absolute Gasteiger partial charge is 0.189 e. The van der Waals surface area contributed by atoms with Gasteiger partial charge in [-0.15, -0.1) is 0 Å². The Kier molecular flexibility index (Phi) is 6.42. The Bertz CT molecular complexity index is 831. The highest BCUT2D eigenvalue weighted by atomic mass is 32.2. The summed E-state index contributed by atoms with van der Waals surface area (Å²) in [5.41, 5.74) is 1.47. The third-order valence-corrected chi connectivity index (χ3v) is 4.94. The summed E-state index contributed by atoms with van der Waals surface area (Å²) in [6.45, 7) is 1.50. The van der Waals surface area contributed by atoms with Crippen molar-refractivity contribution in [2.24, 2.45) is 0 Å². The molecule has 142 valence electrons. The molecule has 2 aromatic rings. The number of fused-ring (bicyclic) bond motifs is 1. The lowest BCUT2D eigenvalue weighted by molar-refractivity contribution is 0.104. The van der Waals surface area contributed by atoms with Crippen LogP contribution in [-0.2, 0) is 0 Å². The van der Waals surface area contributed by atoms with E-state index in [4.69, 9.17) is 14.2 Å². The average molecular weight is 385 g/mol. The highest BCUT2D eigenvalue weighted by Crippen LogP contribution is 2.40. The number of benzene rings is 2. The first kappa shape index (κ1) is 19.3. The predicted octanol–water partition coefficient (Wildman–Crippen LogP) is 3.97. The van der Waals surface area contributed by atoms with Crippen LogP contribution in [0.4, 0.5) is 0 Å². The molecule has 0 amide bonds. The Labute approximate surface area is 163 Å². The number of ketones is 1. The van der Waals surface area contributed by atoms with E-state index in [1.807, 2.05) is 44.4 Å². The van der Waals surface area contributed by atoms with E-state index < -0.39 is 0 Å². The molecule has 3 rings (SSSR count). The molecule has 6 heteroatoms. The van der Waals surface area contributed by atoms with Crippen LogP contribution in [0.25, 0.3) is 6.08 Å². The average Bonchev–Trinajstić information content (AvgIpc) is 3.13. The van der Waals surface area contributed by atoms with Gasteiger partial charge in [0.1, 0.15) is 29.8 Å². The second-order valence-corrected chi connectivity index (χ2v) is 7.29. The number of rotatable bonds is 8. The maximum atomic E-state index is 12.6. The molecular formula is C21H23NO4S. The van der Waals surface area contributed by atoms with Crippen LogP contribution in [0.2, 0.25) is 0 Å². The van der Waals surface area contributed by atoms with E-state index in [1.54, 1.807) is 37.1 Å². The molecule has 0 unspecified atom stereocenters. The van der Waals surface area contributed by atoms with Gasteiger partial charge >= 0.3 is 0 Å². The number of carbonyl (C=O) groups excluding carboxylic acids is 1. The number of allylic oxidation sites excluding steroid dienone is 1. The van der Waals surface area contributed by atoms with Gasteiger partial charge in [-0.1, -0.05) is 30.0 Å². The van der Waals surface area contributed by atoms with E-state index >= 15 is 0 Å². The zero-order chi connectivity index (χ0) is 19.2. The molecule has 0 saturated carbocycles. The lowest BCUT2D eigenvalue weighted by atomic mass is 10.1. The fraction of sp³-hybridized carbons (Fsp3) is 0.286. The highest BCUT2D eigenvalue weighted by molar-refractivity contribution is 7.99. The number of likely N-dealkylation sites (N-methyl/N-ethyl adjacent to an activating group) is 1. The molecule has 0 saturated heterocycles. The Balaban J connectivity index is 1.66. The second kappa shape index (κ2) is 8.97. The monoisotopic (exact) mass is 385 g/mol. The summed E-state index contributed by atoms with van der Waals surface area (Å²) in [4.78, 5) is 15.7. The maximum Gasteiger partial charge on any atom is 0.189 e. The third kappa shape index (κ3) is 5.05. The molecule has 1 aliphatic rings. The molecule has 1 heterocycles. The van der Waals surface area contributed by atoms with E-state index in [0.717, 1.165) is 28.5 Å². The SMILES string of the molecule is COc1cc2c(cc1C(=O)/C=C/c1ccc(OCCN(C)C)cc1)SCO2. The molecular weight excluding hydrogens is 362 g/mol. The van der Waals surface area contributed by atoms with Crippen molar-refractivity contribution in [2.75, 3.05) is 40.3 Å². The summed E-state index contributed by atoms with van der Waals surface area (Å²) >= 11 is 1.57. The number of carbonyl (C=O) groups is 1. The predicted molar refractivity (Wildman–Crippen MR) is 108 cm³/mol. The first-order valence-electron chi connectivity index (χ1n) is 8.64. The van der Waals surface area contributed by atoms with E-state index in [1.165, 1.54) is 0 Å². The van der Waals surface area contributed by atoms with Gasteiger partial charge in [-0.2, -0.15) is 0 Å². The summed E-state index contributed by atoms with van der Waals surface area (Å²) in [6, 6.07) is 11.3. The molecule has 1 aliphatic heterocycles. The van der Waals surface area contributed by atoms with Gasteiger partial charge in [0.05, 0.1) is 17.6 Å². The Hall–Kier alpha value is -2.44. The first-order chi connectivity index (χ1) is 13.1. The van der Waals surface area contributed by atoms with Gasteiger partial charge in [0.25, 0.3) is 0 Å². The van der Waals surface area contributed by atoms with Gasteiger partial charge in [0, 0.05) is 12.6 Å². The molecule has 0 aliphatic carbocycles. The zero-order valence-electron chi connectivity index (χ0n) is 15.7. The number of hydrogen-bond acceptors (Lipinski definition) is 6. The molecule has 0 radical (unpaired) electrons. The largest absolute Gasteiger partial charge is 0.496 e. The summed E-state index contributed by atoms with van der Waals surface area (Å²) in [6.07, 6.45) is 3.36. The minimum absolute atomic E-state index is 0.103. The molecule has 0 aromatic heterocycles. The van der Waals surface area contributed by atoms with Gasteiger partial charge in [0.15, 0.2) is 5.78 Å². The van der Waals surface area contributed by atoms with Gasteiger partial charge in [-0.05, 0) is 43.9 Å². The van der Waals surface area contributed by atoms with Crippen LogP contribution in [-0.4, -0.2) is 51.0 Å². The van der Waals surface area contributed by atoms with E-state index in [9.17, 15) is 4.79 Å². The number of methoxy groups -OCH3 is 1. The first-order valence-corrected chi connectivity index (χ1v) is 9.63. The van der Waals surface area contributed by atoms with Crippen molar-refractivity contribution in [1.29, 1.82) is 0 Å². The van der Waals surface area contributed by atoms with E-state index in [2.05, 4.69) is 4.90 Å². The van der Waals surface area contributed by atoms with Crippen molar-refractivity contribution in [3.63, 3.8) is 0 Å². The standard InChI is InChI=1S/C21H23NO4S/c1-22(2)10-11-25-16-7-4-15(5-8-16)6-9-18(23)17-12-21-20(26-14-27-21)13-19(17)24-3/h4-9,12-13H,10-11,14H2,1-3H3/b9-6+. The zero-order valence-corrected chi connectivity index (χ0v) is 16.5. The summed E-state index contributed by atoms with van der Waals surface area (Å²) in [5, 5.41) is 0. The quantitative estimate of drug-likeness (QED) is 0.506. The second-order valence-electron chi connectivity index (χ2n) is 6.32. The fourth-order valence-electron chi connectivity index (χ4n) is 2.57. The van der Waals surface area contributed by atoms with E-state index in [0.29, 0.717) is 23.9 Å². The molecule has 5 nitrogen and oxygen atoms in total. The van der Waals surface area contributed by atoms with Crippen LogP contribution < -0.4 is 14.2 Å². The number of nitrogens with zero attached hydrogens (tertiary/aromatic N) is 1. The summed E-state index contributed by atoms with van der Waals surface area (Å²) < 4.78 is 16.5. The molecule has 0 bridgehead atoms. The van der Waals surface area contributed by atoms with Crippen molar-refractivity contribution >= 4 is 23.6 Å². The van der Waals surface area contributed by atoms with Gasteiger partial charge in [-0.3, -0.25) is 4.79 Å². The Morgan fingerprint density at radius 3 is 2.74 bits per heavy atom. The van der Waals surface area contributed by atoms with E-state index in [-0.39, 0.29) is 5.78 Å². The van der Waals surface area contributed by atoms with Crippen molar-refractivity contribution in [1.82, 2.24) is 4.90 Å². The van der Waals surface area contributed by atoms with Crippen LogP contribution >= 0.6 is 11.8 Å². The molecule has 0 atom stereocenters. The molecule has 0 N–H and O–H groups in total. The van der Waals surface area contributed by atoms with Gasteiger partial charge < -0.3 is 19.1 Å². The van der Waals surface area contributed by atoms with Crippen LogP contribution in [0, 0.1) is 0 Å². The molecule has 0 spiro atoms. The Morgan fingerprint density at radius 2 is 2.04 bits per heavy atom. The van der Waals surface area contributed by atoms with Crippen molar-refractivity contribution in [3.05, 3.63) is 53.6 Å². The number of thioether (sulfide) groups is 1. The number of hydrogen-bond donors (Lipinski definition) is 0. The molecule has 2 aromatic carbocycles. The third-order valence-electron chi connectivity index (χ3n) is 4.07. The minimum Gasteiger partial charge on any atom is -0.496 e. The Morgan fingerprint density at radius 1 is 1.26 bits per heavy atom.